The molecule has 0 unspecified atom stereocenters. The van der Waals surface area contributed by atoms with E-state index in [1.807, 2.05) is 30.5 Å². The smallest absolute Gasteiger partial charge is 0.327 e. The van der Waals surface area contributed by atoms with Crippen LogP contribution in [0.3, 0.4) is 0 Å². The standard InChI is InChI=1S/C19H28N4O.C3H8O/c1-14-6-7-16-17(20-14)23(18(24)21-16)15-8-12-22(13-9-15)19(2)10-4-3-5-11-19;1-2-3-4/h6-7,15H,3-5,8-13H2,1-2H3,(H,21,24);4H,2-3H2,1H3. The van der Waals surface area contributed by atoms with Gasteiger partial charge in [0.25, 0.3) is 0 Å². The van der Waals surface area contributed by atoms with Crippen molar-refractivity contribution in [1.82, 2.24) is 19.4 Å². The van der Waals surface area contributed by atoms with E-state index in [1.54, 1.807) is 0 Å². The number of rotatable bonds is 3. The van der Waals surface area contributed by atoms with Gasteiger partial charge in [-0.3, -0.25) is 9.47 Å². The highest BCUT2D eigenvalue weighted by Gasteiger charge is 2.36. The summed E-state index contributed by atoms with van der Waals surface area (Å²) in [6.07, 6.45) is 9.72. The van der Waals surface area contributed by atoms with Crippen LogP contribution in [0.2, 0.25) is 0 Å². The number of aliphatic hydroxyl groups excluding tert-OH is 1. The fourth-order valence-electron chi connectivity index (χ4n) is 4.73. The summed E-state index contributed by atoms with van der Waals surface area (Å²) in [6, 6.07) is 4.19. The summed E-state index contributed by atoms with van der Waals surface area (Å²) >= 11 is 0. The molecule has 0 atom stereocenters. The van der Waals surface area contributed by atoms with Crippen LogP contribution in [0.15, 0.2) is 16.9 Å². The Morgan fingerprint density at radius 3 is 2.46 bits per heavy atom. The summed E-state index contributed by atoms with van der Waals surface area (Å²) in [4.78, 5) is 22.7. The number of nitrogens with one attached hydrogen (secondary N) is 1. The van der Waals surface area contributed by atoms with Crippen LogP contribution in [-0.2, 0) is 0 Å². The Morgan fingerprint density at radius 1 is 1.21 bits per heavy atom. The van der Waals surface area contributed by atoms with Gasteiger partial charge in [0, 0.05) is 37.0 Å². The normalized spacial score (nSPS) is 20.7. The van der Waals surface area contributed by atoms with E-state index in [-0.39, 0.29) is 11.7 Å². The molecule has 6 nitrogen and oxygen atoms in total. The van der Waals surface area contributed by atoms with Crippen molar-refractivity contribution in [2.75, 3.05) is 19.7 Å². The van der Waals surface area contributed by atoms with Gasteiger partial charge in [0.2, 0.25) is 0 Å². The fourth-order valence-corrected chi connectivity index (χ4v) is 4.73. The molecule has 1 saturated carbocycles. The summed E-state index contributed by atoms with van der Waals surface area (Å²) in [5, 5.41) is 7.88. The lowest BCUT2D eigenvalue weighted by atomic mass is 9.80. The zero-order valence-electron chi connectivity index (χ0n) is 17.7. The molecule has 0 amide bonds. The predicted molar refractivity (Wildman–Crippen MR) is 114 cm³/mol. The van der Waals surface area contributed by atoms with Crippen molar-refractivity contribution in [3.8, 4) is 0 Å². The van der Waals surface area contributed by atoms with E-state index in [0.717, 1.165) is 49.2 Å². The van der Waals surface area contributed by atoms with Crippen molar-refractivity contribution in [3.05, 3.63) is 28.3 Å². The molecule has 1 aliphatic heterocycles. The van der Waals surface area contributed by atoms with Gasteiger partial charge in [0.1, 0.15) is 0 Å². The van der Waals surface area contributed by atoms with E-state index >= 15 is 0 Å². The first-order chi connectivity index (χ1) is 13.5. The van der Waals surface area contributed by atoms with Crippen molar-refractivity contribution >= 4 is 11.2 Å². The number of likely N-dealkylation sites (tertiary alicyclic amines) is 1. The van der Waals surface area contributed by atoms with Crippen LogP contribution in [-0.4, -0.2) is 49.8 Å². The van der Waals surface area contributed by atoms with Crippen LogP contribution >= 0.6 is 0 Å². The number of nitrogens with zero attached hydrogens (tertiary/aromatic N) is 3. The second-order valence-electron chi connectivity index (χ2n) is 8.62. The third-order valence-corrected chi connectivity index (χ3v) is 6.45. The Bertz CT molecular complexity index is 810. The Hall–Kier alpha value is -1.66. The van der Waals surface area contributed by atoms with Crippen molar-refractivity contribution < 1.29 is 5.11 Å². The van der Waals surface area contributed by atoms with Crippen molar-refractivity contribution in [2.24, 2.45) is 0 Å². The number of aromatic amines is 1. The molecule has 1 saturated heterocycles. The Labute approximate surface area is 168 Å². The summed E-state index contributed by atoms with van der Waals surface area (Å²) in [7, 11) is 0. The van der Waals surface area contributed by atoms with E-state index < -0.39 is 0 Å². The van der Waals surface area contributed by atoms with Crippen molar-refractivity contribution in [3.63, 3.8) is 0 Å². The quantitative estimate of drug-likeness (QED) is 0.839. The van der Waals surface area contributed by atoms with Crippen LogP contribution in [0.5, 0.6) is 0 Å². The molecule has 2 aliphatic rings. The predicted octanol–water partition coefficient (Wildman–Crippen LogP) is 3.78. The van der Waals surface area contributed by atoms with E-state index in [2.05, 4.69) is 21.8 Å². The minimum atomic E-state index is -0.00886. The fraction of sp³-hybridized carbons (Fsp3) is 0.727. The Balaban J connectivity index is 0.000000516. The highest BCUT2D eigenvalue weighted by atomic mass is 16.2. The van der Waals surface area contributed by atoms with Crippen molar-refractivity contribution in [1.29, 1.82) is 0 Å². The van der Waals surface area contributed by atoms with Crippen LogP contribution in [0.25, 0.3) is 11.2 Å². The van der Waals surface area contributed by atoms with Crippen LogP contribution in [0, 0.1) is 6.92 Å². The van der Waals surface area contributed by atoms with Gasteiger partial charge in [0.15, 0.2) is 5.65 Å². The average molecular weight is 389 g/mol. The summed E-state index contributed by atoms with van der Waals surface area (Å²) in [5.41, 5.74) is 3.01. The van der Waals surface area contributed by atoms with Gasteiger partial charge in [-0.25, -0.2) is 9.78 Å². The maximum atomic E-state index is 12.4. The topological polar surface area (TPSA) is 74.2 Å². The SMILES string of the molecule is CCCO.Cc1ccc2[nH]c(=O)n(C3CCN(C4(C)CCCCC4)CC3)c2n1. The number of fused-ring (bicyclic) bond motifs is 1. The molecular weight excluding hydrogens is 352 g/mol. The number of aliphatic hydroxyl groups is 1. The summed E-state index contributed by atoms with van der Waals surface area (Å²) in [6.45, 7) is 8.85. The summed E-state index contributed by atoms with van der Waals surface area (Å²) < 4.78 is 1.91. The molecule has 2 fully saturated rings. The monoisotopic (exact) mass is 388 g/mol. The third kappa shape index (κ3) is 4.49. The average Bonchev–Trinajstić information content (AvgIpc) is 3.04. The minimum absolute atomic E-state index is 0.00886. The molecule has 156 valence electrons. The summed E-state index contributed by atoms with van der Waals surface area (Å²) in [5.74, 6) is 0. The van der Waals surface area contributed by atoms with E-state index in [4.69, 9.17) is 5.11 Å². The van der Waals surface area contributed by atoms with Crippen LogP contribution in [0.1, 0.15) is 76.9 Å². The molecule has 0 spiro atoms. The lowest BCUT2D eigenvalue weighted by Crippen LogP contribution is -2.51. The van der Waals surface area contributed by atoms with Gasteiger partial charge in [-0.15, -0.1) is 0 Å². The molecule has 0 aromatic carbocycles. The zero-order valence-corrected chi connectivity index (χ0v) is 17.7. The zero-order chi connectivity index (χ0) is 20.1. The molecule has 2 aromatic heterocycles. The molecule has 0 radical (unpaired) electrons. The number of hydrogen-bond acceptors (Lipinski definition) is 4. The first kappa shape index (κ1) is 21.1. The Kier molecular flexibility index (Phi) is 6.94. The molecule has 1 aliphatic carbocycles. The lowest BCUT2D eigenvalue weighted by molar-refractivity contribution is 0.0359. The maximum absolute atomic E-state index is 12.4. The van der Waals surface area contributed by atoms with Gasteiger partial charge in [-0.05, 0) is 58.1 Å². The highest BCUT2D eigenvalue weighted by molar-refractivity contribution is 5.70. The molecule has 4 rings (SSSR count). The van der Waals surface area contributed by atoms with E-state index in [9.17, 15) is 4.79 Å². The van der Waals surface area contributed by atoms with Gasteiger partial charge < -0.3 is 10.1 Å². The Morgan fingerprint density at radius 2 is 1.86 bits per heavy atom. The van der Waals surface area contributed by atoms with Gasteiger partial charge in [-0.1, -0.05) is 26.2 Å². The number of H-pyrrole nitrogens is 1. The molecule has 3 heterocycles. The largest absolute Gasteiger partial charge is 0.396 e. The number of hydrogen-bond donors (Lipinski definition) is 2. The van der Waals surface area contributed by atoms with Crippen LogP contribution < -0.4 is 5.69 Å². The highest BCUT2D eigenvalue weighted by Crippen LogP contribution is 2.36. The van der Waals surface area contributed by atoms with E-state index in [0.29, 0.717) is 12.1 Å². The molecular formula is C22H36N4O2. The second kappa shape index (κ2) is 9.23. The molecule has 28 heavy (non-hydrogen) atoms. The molecule has 0 bridgehead atoms. The third-order valence-electron chi connectivity index (χ3n) is 6.45. The first-order valence-corrected chi connectivity index (χ1v) is 10.9. The van der Waals surface area contributed by atoms with E-state index in [1.165, 1.54) is 32.1 Å². The van der Waals surface area contributed by atoms with Gasteiger partial charge >= 0.3 is 5.69 Å². The maximum Gasteiger partial charge on any atom is 0.327 e. The van der Waals surface area contributed by atoms with Crippen molar-refractivity contribution in [2.45, 2.75) is 83.7 Å². The van der Waals surface area contributed by atoms with Gasteiger partial charge in [-0.2, -0.15) is 0 Å². The second-order valence-corrected chi connectivity index (χ2v) is 8.62. The lowest BCUT2D eigenvalue weighted by Gasteiger charge is -2.47. The first-order valence-electron chi connectivity index (χ1n) is 10.9. The molecule has 6 heteroatoms. The number of aromatic nitrogens is 3. The number of imidazole rings is 1. The molecule has 2 aromatic rings. The number of pyridine rings is 1. The minimum Gasteiger partial charge on any atom is -0.396 e. The number of aryl methyl sites for hydroxylation is 1. The molecule has 2 N–H and O–H groups in total. The van der Waals surface area contributed by atoms with Gasteiger partial charge in [0.05, 0.1) is 5.52 Å². The number of piperidine rings is 1. The van der Waals surface area contributed by atoms with Crippen LogP contribution in [0.4, 0.5) is 0 Å².